The van der Waals surface area contributed by atoms with Crippen molar-refractivity contribution in [2.24, 2.45) is 5.92 Å². The molecule has 0 aliphatic heterocycles. The van der Waals surface area contributed by atoms with E-state index in [1.807, 2.05) is 13.8 Å². The Labute approximate surface area is 122 Å². The second-order valence-electron chi connectivity index (χ2n) is 5.48. The number of carbonyl (C=O) groups excluding carboxylic acids is 1. The number of hydrogen-bond acceptors (Lipinski definition) is 3. The summed E-state index contributed by atoms with van der Waals surface area (Å²) in [6, 6.07) is 4.30. The highest BCUT2D eigenvalue weighted by Crippen LogP contribution is 2.19. The first-order valence-electron chi connectivity index (χ1n) is 6.87. The van der Waals surface area contributed by atoms with Crippen LogP contribution in [0.1, 0.15) is 37.2 Å². The van der Waals surface area contributed by atoms with Gasteiger partial charge in [0.25, 0.3) is 0 Å². The first-order chi connectivity index (χ1) is 9.90. The van der Waals surface area contributed by atoms with Crippen molar-refractivity contribution in [2.45, 2.75) is 26.8 Å². The largest absolute Gasteiger partial charge is 0.478 e. The molecule has 2 N–H and O–H groups in total. The van der Waals surface area contributed by atoms with Crippen LogP contribution in [0.5, 0.6) is 0 Å². The van der Waals surface area contributed by atoms with Crippen LogP contribution in [0.15, 0.2) is 24.5 Å². The Bertz CT molecular complexity index is 676. The number of imidazole rings is 1. The molecule has 1 aromatic carbocycles. The summed E-state index contributed by atoms with van der Waals surface area (Å²) in [6.45, 7) is 6.48. The molecule has 1 heterocycles. The molecule has 1 unspecified atom stereocenters. The SMILES string of the molecule is CC(C)CNC(=O)C(C)n1cnc2cc(C(=O)O)ccc21. The van der Waals surface area contributed by atoms with Gasteiger partial charge in [0.1, 0.15) is 6.04 Å². The third kappa shape index (κ3) is 3.21. The van der Waals surface area contributed by atoms with Gasteiger partial charge in [0.15, 0.2) is 0 Å². The van der Waals surface area contributed by atoms with Gasteiger partial charge in [0.2, 0.25) is 5.91 Å². The highest BCUT2D eigenvalue weighted by atomic mass is 16.4. The number of aromatic nitrogens is 2. The lowest BCUT2D eigenvalue weighted by Crippen LogP contribution is -2.33. The van der Waals surface area contributed by atoms with Gasteiger partial charge >= 0.3 is 5.97 Å². The summed E-state index contributed by atoms with van der Waals surface area (Å²) >= 11 is 0. The number of fused-ring (bicyclic) bond motifs is 1. The summed E-state index contributed by atoms with van der Waals surface area (Å²) in [5.41, 5.74) is 1.50. The first-order valence-corrected chi connectivity index (χ1v) is 6.87. The maximum atomic E-state index is 12.1. The van der Waals surface area contributed by atoms with E-state index in [1.54, 1.807) is 23.9 Å². The van der Waals surface area contributed by atoms with Crippen molar-refractivity contribution < 1.29 is 14.7 Å². The Morgan fingerprint density at radius 2 is 2.05 bits per heavy atom. The van der Waals surface area contributed by atoms with E-state index in [4.69, 9.17) is 5.11 Å². The van der Waals surface area contributed by atoms with Crippen LogP contribution in [0.25, 0.3) is 11.0 Å². The number of carboxylic acids is 1. The normalized spacial score (nSPS) is 12.6. The number of benzene rings is 1. The molecule has 0 aliphatic rings. The summed E-state index contributed by atoms with van der Waals surface area (Å²) in [7, 11) is 0. The lowest BCUT2D eigenvalue weighted by atomic mass is 10.2. The molecule has 1 aromatic heterocycles. The van der Waals surface area contributed by atoms with E-state index in [2.05, 4.69) is 10.3 Å². The quantitative estimate of drug-likeness (QED) is 0.882. The second-order valence-corrected chi connectivity index (χ2v) is 5.48. The standard InChI is InChI=1S/C15H19N3O3/c1-9(2)7-16-14(19)10(3)18-8-17-12-6-11(15(20)21)4-5-13(12)18/h4-6,8-10H,7H2,1-3H3,(H,16,19)(H,20,21). The van der Waals surface area contributed by atoms with E-state index in [1.165, 1.54) is 12.1 Å². The molecule has 0 bridgehead atoms. The van der Waals surface area contributed by atoms with Crippen molar-refractivity contribution in [1.82, 2.24) is 14.9 Å². The van der Waals surface area contributed by atoms with Crippen LogP contribution in [0.2, 0.25) is 0 Å². The predicted octanol–water partition coefficient (Wildman–Crippen LogP) is 2.07. The van der Waals surface area contributed by atoms with Crippen molar-refractivity contribution in [3.05, 3.63) is 30.1 Å². The van der Waals surface area contributed by atoms with Gasteiger partial charge in [-0.2, -0.15) is 0 Å². The number of nitrogens with one attached hydrogen (secondary N) is 1. The van der Waals surface area contributed by atoms with Crippen LogP contribution in [0, 0.1) is 5.92 Å². The van der Waals surface area contributed by atoms with Crippen LogP contribution in [-0.2, 0) is 4.79 Å². The zero-order valence-corrected chi connectivity index (χ0v) is 12.3. The monoisotopic (exact) mass is 289 g/mol. The summed E-state index contributed by atoms with van der Waals surface area (Å²) in [5, 5.41) is 11.9. The fraction of sp³-hybridized carbons (Fsp3) is 0.400. The third-order valence-corrected chi connectivity index (χ3v) is 3.30. The molecule has 0 spiro atoms. The summed E-state index contributed by atoms with van der Waals surface area (Å²) in [4.78, 5) is 27.2. The summed E-state index contributed by atoms with van der Waals surface area (Å²) in [6.07, 6.45) is 1.57. The number of aromatic carboxylic acids is 1. The van der Waals surface area contributed by atoms with E-state index >= 15 is 0 Å². The average Bonchev–Trinajstić information content (AvgIpc) is 2.86. The Morgan fingerprint density at radius 1 is 1.33 bits per heavy atom. The molecule has 21 heavy (non-hydrogen) atoms. The fourth-order valence-electron chi connectivity index (χ4n) is 2.05. The number of carboxylic acid groups (broad SMARTS) is 1. The van der Waals surface area contributed by atoms with E-state index < -0.39 is 12.0 Å². The smallest absolute Gasteiger partial charge is 0.335 e. The van der Waals surface area contributed by atoms with Gasteiger partial charge in [-0.1, -0.05) is 13.8 Å². The zero-order chi connectivity index (χ0) is 15.6. The lowest BCUT2D eigenvalue weighted by molar-refractivity contribution is -0.123. The number of carbonyl (C=O) groups is 2. The minimum Gasteiger partial charge on any atom is -0.478 e. The summed E-state index contributed by atoms with van der Waals surface area (Å²) in [5.74, 6) is -0.682. The Balaban J connectivity index is 2.26. The zero-order valence-electron chi connectivity index (χ0n) is 12.3. The number of amides is 1. The minimum atomic E-state index is -0.992. The van der Waals surface area contributed by atoms with Crippen molar-refractivity contribution in [3.63, 3.8) is 0 Å². The highest BCUT2D eigenvalue weighted by Gasteiger charge is 2.17. The molecule has 2 rings (SSSR count). The van der Waals surface area contributed by atoms with Crippen LogP contribution in [0.4, 0.5) is 0 Å². The Morgan fingerprint density at radius 3 is 2.67 bits per heavy atom. The maximum absolute atomic E-state index is 12.1. The first kappa shape index (κ1) is 15.0. The molecule has 6 nitrogen and oxygen atoms in total. The van der Waals surface area contributed by atoms with Crippen molar-refractivity contribution in [3.8, 4) is 0 Å². The molecule has 0 fully saturated rings. The minimum absolute atomic E-state index is 0.0784. The predicted molar refractivity (Wildman–Crippen MR) is 79.3 cm³/mol. The van der Waals surface area contributed by atoms with Gasteiger partial charge < -0.3 is 15.0 Å². The Kier molecular flexibility index (Phi) is 4.26. The lowest BCUT2D eigenvalue weighted by Gasteiger charge is -2.15. The molecular formula is C15H19N3O3. The molecule has 0 aliphatic carbocycles. The van der Waals surface area contributed by atoms with Crippen LogP contribution < -0.4 is 5.32 Å². The molecule has 112 valence electrons. The van der Waals surface area contributed by atoms with Gasteiger partial charge in [-0.3, -0.25) is 4.79 Å². The van der Waals surface area contributed by atoms with Crippen molar-refractivity contribution in [1.29, 1.82) is 0 Å². The number of nitrogens with zero attached hydrogens (tertiary/aromatic N) is 2. The van der Waals surface area contributed by atoms with Crippen LogP contribution >= 0.6 is 0 Å². The molecule has 2 aromatic rings. The molecule has 1 amide bonds. The maximum Gasteiger partial charge on any atom is 0.335 e. The highest BCUT2D eigenvalue weighted by molar-refractivity contribution is 5.92. The van der Waals surface area contributed by atoms with E-state index in [9.17, 15) is 9.59 Å². The van der Waals surface area contributed by atoms with Gasteiger partial charge in [-0.05, 0) is 31.0 Å². The third-order valence-electron chi connectivity index (χ3n) is 3.30. The molecule has 1 atom stereocenters. The fourth-order valence-corrected chi connectivity index (χ4v) is 2.05. The number of hydrogen-bond donors (Lipinski definition) is 2. The Hall–Kier alpha value is -2.37. The molecule has 0 saturated carbocycles. The molecule has 6 heteroatoms. The topological polar surface area (TPSA) is 84.2 Å². The van der Waals surface area contributed by atoms with Crippen LogP contribution in [0.3, 0.4) is 0 Å². The molecular weight excluding hydrogens is 270 g/mol. The molecule has 0 saturated heterocycles. The molecule has 0 radical (unpaired) electrons. The van der Waals surface area contributed by atoms with Gasteiger partial charge in [0.05, 0.1) is 22.9 Å². The second kappa shape index (κ2) is 5.95. The van der Waals surface area contributed by atoms with Crippen molar-refractivity contribution >= 4 is 22.9 Å². The number of rotatable bonds is 5. The van der Waals surface area contributed by atoms with E-state index in [0.717, 1.165) is 5.52 Å². The van der Waals surface area contributed by atoms with Gasteiger partial charge in [-0.25, -0.2) is 9.78 Å². The van der Waals surface area contributed by atoms with Gasteiger partial charge in [0, 0.05) is 6.54 Å². The van der Waals surface area contributed by atoms with Gasteiger partial charge in [-0.15, -0.1) is 0 Å². The van der Waals surface area contributed by atoms with Crippen LogP contribution in [-0.4, -0.2) is 33.1 Å². The van der Waals surface area contributed by atoms with E-state index in [-0.39, 0.29) is 11.5 Å². The average molecular weight is 289 g/mol. The van der Waals surface area contributed by atoms with E-state index in [0.29, 0.717) is 18.0 Å². The van der Waals surface area contributed by atoms with Crippen molar-refractivity contribution in [2.75, 3.05) is 6.54 Å². The summed E-state index contributed by atoms with van der Waals surface area (Å²) < 4.78 is 1.75.